The minimum absolute atomic E-state index is 0.0477. The second-order valence-corrected chi connectivity index (χ2v) is 8.32. The average molecular weight is 386 g/mol. The highest BCUT2D eigenvalue weighted by molar-refractivity contribution is 5.20. The maximum absolute atomic E-state index is 12.3. The van der Waals surface area contributed by atoms with E-state index in [0.717, 1.165) is 74.8 Å². The zero-order valence-corrected chi connectivity index (χ0v) is 17.1. The van der Waals surface area contributed by atoms with Crippen molar-refractivity contribution in [1.29, 1.82) is 0 Å². The third kappa shape index (κ3) is 4.36. The SMILES string of the molecule is CC(C)c1ocnc1CN1CCN(CCn2nc3c(cc2=O)CCCC3)CC1. The zero-order chi connectivity index (χ0) is 19.5. The molecule has 0 saturated carbocycles. The number of rotatable bonds is 6. The standard InChI is InChI=1S/C21H31N5O2/c1-16(2)21-19(22-15-28-21)14-25-9-7-24(8-10-25)11-12-26-20(27)13-17-5-3-4-6-18(17)23-26/h13,15-16H,3-12,14H2,1-2H3. The Labute approximate surface area is 166 Å². The van der Waals surface area contributed by atoms with Gasteiger partial charge in [0.15, 0.2) is 6.39 Å². The predicted molar refractivity (Wildman–Crippen MR) is 107 cm³/mol. The molecule has 0 radical (unpaired) electrons. The van der Waals surface area contributed by atoms with E-state index in [4.69, 9.17) is 4.42 Å². The van der Waals surface area contributed by atoms with Gasteiger partial charge in [-0.2, -0.15) is 5.10 Å². The van der Waals surface area contributed by atoms with Crippen LogP contribution in [0.15, 0.2) is 21.7 Å². The summed E-state index contributed by atoms with van der Waals surface area (Å²) in [7, 11) is 0. The molecule has 1 saturated heterocycles. The minimum atomic E-state index is 0.0477. The Morgan fingerprint density at radius 1 is 1.07 bits per heavy atom. The molecule has 2 aromatic rings. The number of hydrogen-bond donors (Lipinski definition) is 0. The molecule has 0 amide bonds. The van der Waals surface area contributed by atoms with Crippen LogP contribution in [-0.4, -0.2) is 57.3 Å². The Bertz CT molecular complexity index is 849. The highest BCUT2D eigenvalue weighted by Crippen LogP contribution is 2.20. The molecule has 2 aliphatic rings. The van der Waals surface area contributed by atoms with E-state index in [1.165, 1.54) is 12.8 Å². The fraction of sp³-hybridized carbons (Fsp3) is 0.667. The van der Waals surface area contributed by atoms with Crippen LogP contribution in [0, 0.1) is 0 Å². The zero-order valence-electron chi connectivity index (χ0n) is 17.1. The molecule has 0 aromatic carbocycles. The molecule has 2 aromatic heterocycles. The number of aryl methyl sites for hydroxylation is 2. The maximum atomic E-state index is 12.3. The summed E-state index contributed by atoms with van der Waals surface area (Å²) in [6.45, 7) is 10.7. The monoisotopic (exact) mass is 385 g/mol. The van der Waals surface area contributed by atoms with Crippen molar-refractivity contribution in [2.24, 2.45) is 0 Å². The minimum Gasteiger partial charge on any atom is -0.448 e. The van der Waals surface area contributed by atoms with Gasteiger partial charge in [-0.25, -0.2) is 9.67 Å². The molecule has 4 rings (SSSR count). The van der Waals surface area contributed by atoms with Crippen molar-refractivity contribution in [3.8, 4) is 0 Å². The van der Waals surface area contributed by atoms with Crippen LogP contribution in [0.1, 0.15) is 55.3 Å². The van der Waals surface area contributed by atoms with Crippen molar-refractivity contribution < 1.29 is 4.42 Å². The van der Waals surface area contributed by atoms with Crippen LogP contribution in [0.3, 0.4) is 0 Å². The van der Waals surface area contributed by atoms with Crippen molar-refractivity contribution in [2.75, 3.05) is 32.7 Å². The quantitative estimate of drug-likeness (QED) is 0.758. The van der Waals surface area contributed by atoms with Gasteiger partial charge < -0.3 is 4.42 Å². The summed E-state index contributed by atoms with van der Waals surface area (Å²) in [5.41, 5.74) is 3.40. The van der Waals surface area contributed by atoms with E-state index in [1.54, 1.807) is 11.1 Å². The summed E-state index contributed by atoms with van der Waals surface area (Å²) in [4.78, 5) is 21.6. The molecule has 152 valence electrons. The first-order valence-corrected chi connectivity index (χ1v) is 10.6. The molecule has 0 bridgehead atoms. The smallest absolute Gasteiger partial charge is 0.267 e. The maximum Gasteiger partial charge on any atom is 0.267 e. The van der Waals surface area contributed by atoms with Crippen molar-refractivity contribution in [3.05, 3.63) is 45.5 Å². The lowest BCUT2D eigenvalue weighted by molar-refractivity contribution is 0.121. The normalized spacial score (nSPS) is 18.5. The molecule has 0 N–H and O–H groups in total. The highest BCUT2D eigenvalue weighted by Gasteiger charge is 2.21. The van der Waals surface area contributed by atoms with Gasteiger partial charge in [-0.05, 0) is 31.2 Å². The molecule has 0 unspecified atom stereocenters. The van der Waals surface area contributed by atoms with Crippen molar-refractivity contribution in [3.63, 3.8) is 0 Å². The van der Waals surface area contributed by atoms with Gasteiger partial charge in [0.2, 0.25) is 0 Å². The largest absolute Gasteiger partial charge is 0.448 e. The number of hydrogen-bond acceptors (Lipinski definition) is 6. The van der Waals surface area contributed by atoms with E-state index in [2.05, 4.69) is 33.7 Å². The van der Waals surface area contributed by atoms with Crippen LogP contribution in [-0.2, 0) is 25.9 Å². The van der Waals surface area contributed by atoms with Crippen LogP contribution in [0.2, 0.25) is 0 Å². The van der Waals surface area contributed by atoms with Gasteiger partial charge in [0.1, 0.15) is 5.76 Å². The summed E-state index contributed by atoms with van der Waals surface area (Å²) in [5.74, 6) is 1.36. The van der Waals surface area contributed by atoms with E-state index in [0.29, 0.717) is 12.5 Å². The number of oxazole rings is 1. The second-order valence-electron chi connectivity index (χ2n) is 8.32. The van der Waals surface area contributed by atoms with Crippen LogP contribution < -0.4 is 5.56 Å². The van der Waals surface area contributed by atoms with Crippen molar-refractivity contribution >= 4 is 0 Å². The van der Waals surface area contributed by atoms with Crippen LogP contribution in [0.4, 0.5) is 0 Å². The summed E-state index contributed by atoms with van der Waals surface area (Å²) in [6.07, 6.45) is 5.93. The second kappa shape index (κ2) is 8.57. The van der Waals surface area contributed by atoms with E-state index in [-0.39, 0.29) is 5.56 Å². The Hall–Kier alpha value is -1.99. The van der Waals surface area contributed by atoms with Gasteiger partial charge in [-0.3, -0.25) is 14.6 Å². The molecule has 3 heterocycles. The Morgan fingerprint density at radius 2 is 1.82 bits per heavy atom. The lowest BCUT2D eigenvalue weighted by Crippen LogP contribution is -2.47. The van der Waals surface area contributed by atoms with Crippen LogP contribution in [0.5, 0.6) is 0 Å². The third-order valence-corrected chi connectivity index (χ3v) is 5.94. The van der Waals surface area contributed by atoms with Crippen LogP contribution in [0.25, 0.3) is 0 Å². The first kappa shape index (κ1) is 19.3. The van der Waals surface area contributed by atoms with Gasteiger partial charge in [0, 0.05) is 51.3 Å². The molecule has 28 heavy (non-hydrogen) atoms. The summed E-state index contributed by atoms with van der Waals surface area (Å²) < 4.78 is 7.21. The lowest BCUT2D eigenvalue weighted by Gasteiger charge is -2.34. The topological polar surface area (TPSA) is 67.4 Å². The molecular formula is C21H31N5O2. The van der Waals surface area contributed by atoms with Crippen LogP contribution >= 0.6 is 0 Å². The lowest BCUT2D eigenvalue weighted by atomic mass is 9.97. The van der Waals surface area contributed by atoms with Gasteiger partial charge in [0.05, 0.1) is 17.9 Å². The average Bonchev–Trinajstić information content (AvgIpc) is 3.16. The third-order valence-electron chi connectivity index (χ3n) is 5.94. The van der Waals surface area contributed by atoms with E-state index in [9.17, 15) is 4.79 Å². The number of nitrogens with zero attached hydrogens (tertiary/aromatic N) is 5. The van der Waals surface area contributed by atoms with Crippen molar-refractivity contribution in [2.45, 2.75) is 58.5 Å². The summed E-state index contributed by atoms with van der Waals surface area (Å²) in [6, 6.07) is 1.81. The molecule has 1 aliphatic carbocycles. The van der Waals surface area contributed by atoms with Gasteiger partial charge in [0.25, 0.3) is 5.56 Å². The highest BCUT2D eigenvalue weighted by atomic mass is 16.3. The summed E-state index contributed by atoms with van der Waals surface area (Å²) in [5, 5.41) is 4.64. The van der Waals surface area contributed by atoms with Crippen molar-refractivity contribution in [1.82, 2.24) is 24.6 Å². The molecule has 7 heteroatoms. The molecule has 0 atom stereocenters. The molecule has 0 spiro atoms. The Balaban J connectivity index is 1.28. The fourth-order valence-electron chi connectivity index (χ4n) is 4.25. The van der Waals surface area contributed by atoms with E-state index in [1.807, 2.05) is 6.07 Å². The van der Waals surface area contributed by atoms with E-state index >= 15 is 0 Å². The molecule has 7 nitrogen and oxygen atoms in total. The predicted octanol–water partition coefficient (Wildman–Crippen LogP) is 2.05. The van der Waals surface area contributed by atoms with Gasteiger partial charge >= 0.3 is 0 Å². The molecule has 1 fully saturated rings. The number of aromatic nitrogens is 3. The van der Waals surface area contributed by atoms with Gasteiger partial charge in [-0.1, -0.05) is 13.8 Å². The molecule has 1 aliphatic heterocycles. The fourth-order valence-corrected chi connectivity index (χ4v) is 4.25. The number of piperazine rings is 1. The number of fused-ring (bicyclic) bond motifs is 1. The first-order valence-electron chi connectivity index (χ1n) is 10.6. The Morgan fingerprint density at radius 3 is 2.61 bits per heavy atom. The Kier molecular flexibility index (Phi) is 5.92. The first-order chi connectivity index (χ1) is 13.6. The van der Waals surface area contributed by atoms with E-state index < -0.39 is 0 Å². The molecular weight excluding hydrogens is 354 g/mol. The summed E-state index contributed by atoms with van der Waals surface area (Å²) >= 11 is 0. The van der Waals surface area contributed by atoms with Gasteiger partial charge in [-0.15, -0.1) is 0 Å².